The average molecular weight is 585 g/mol. The number of carbonyl (C=O) groups is 2. The number of H-pyrrole nitrogens is 1. The summed E-state index contributed by atoms with van der Waals surface area (Å²) >= 11 is 0. The molecule has 0 spiro atoms. The van der Waals surface area contributed by atoms with E-state index in [1.54, 1.807) is 26.0 Å². The molecule has 10 nitrogen and oxygen atoms in total. The number of aryl methyl sites for hydroxylation is 1. The first-order chi connectivity index (χ1) is 20.8. The molecule has 0 fully saturated rings. The van der Waals surface area contributed by atoms with E-state index in [9.17, 15) is 19.2 Å². The van der Waals surface area contributed by atoms with E-state index in [4.69, 9.17) is 9.57 Å². The highest BCUT2D eigenvalue weighted by atomic mass is 16.7. The van der Waals surface area contributed by atoms with Gasteiger partial charge in [0.2, 0.25) is 5.91 Å². The second kappa shape index (κ2) is 14.4. The van der Waals surface area contributed by atoms with Crippen LogP contribution in [0.2, 0.25) is 0 Å². The fraction of sp³-hybridized carbons (Fsp3) is 0.273. The van der Waals surface area contributed by atoms with Crippen LogP contribution >= 0.6 is 0 Å². The number of esters is 1. The molecule has 0 saturated carbocycles. The molecule has 0 aliphatic heterocycles. The minimum Gasteiger partial charge on any atom is -0.465 e. The van der Waals surface area contributed by atoms with Crippen LogP contribution in [0.1, 0.15) is 29.2 Å². The first kappa shape index (κ1) is 31.1. The van der Waals surface area contributed by atoms with Gasteiger partial charge in [0.25, 0.3) is 5.56 Å². The van der Waals surface area contributed by atoms with Gasteiger partial charge >= 0.3 is 11.7 Å². The average Bonchev–Trinajstić information content (AvgIpc) is 3.02. The number of aromatic amines is 1. The Morgan fingerprint density at radius 3 is 1.81 bits per heavy atom. The highest BCUT2D eigenvalue weighted by molar-refractivity contribution is 5.82. The third-order valence-corrected chi connectivity index (χ3v) is 7.21. The number of ether oxygens (including phenoxy) is 1. The van der Waals surface area contributed by atoms with Gasteiger partial charge in [0.05, 0.1) is 13.7 Å². The Kier molecular flexibility index (Phi) is 10.4. The van der Waals surface area contributed by atoms with Crippen molar-refractivity contribution in [2.45, 2.75) is 25.9 Å². The smallest absolute Gasteiger partial charge is 0.328 e. The van der Waals surface area contributed by atoms with Gasteiger partial charge in [0, 0.05) is 24.8 Å². The zero-order chi connectivity index (χ0) is 30.8. The van der Waals surface area contributed by atoms with Crippen LogP contribution in [0.3, 0.4) is 0 Å². The third kappa shape index (κ3) is 6.99. The molecule has 0 saturated heterocycles. The Labute approximate surface area is 250 Å². The van der Waals surface area contributed by atoms with Gasteiger partial charge in [-0.1, -0.05) is 91.0 Å². The van der Waals surface area contributed by atoms with Crippen molar-refractivity contribution in [3.63, 3.8) is 0 Å². The van der Waals surface area contributed by atoms with Crippen molar-refractivity contribution < 1.29 is 19.2 Å². The molecule has 0 radical (unpaired) electrons. The second-order valence-electron chi connectivity index (χ2n) is 9.91. The molecule has 1 aromatic heterocycles. The van der Waals surface area contributed by atoms with Crippen LogP contribution in [0.5, 0.6) is 0 Å². The first-order valence-electron chi connectivity index (χ1n) is 14.0. The number of amides is 1. The molecule has 4 aromatic rings. The van der Waals surface area contributed by atoms with Crippen molar-refractivity contribution in [2.24, 2.45) is 0 Å². The molecule has 10 heteroatoms. The quantitative estimate of drug-likeness (QED) is 0.146. The van der Waals surface area contributed by atoms with Crippen LogP contribution in [-0.4, -0.2) is 64.7 Å². The van der Waals surface area contributed by atoms with E-state index in [0.717, 1.165) is 21.3 Å². The lowest BCUT2D eigenvalue weighted by atomic mass is 9.76. The fourth-order valence-electron chi connectivity index (χ4n) is 5.21. The van der Waals surface area contributed by atoms with Crippen LogP contribution in [0, 0.1) is 6.92 Å². The summed E-state index contributed by atoms with van der Waals surface area (Å²) in [5, 5.41) is 1.80. The maximum Gasteiger partial charge on any atom is 0.328 e. The Morgan fingerprint density at radius 1 is 0.837 bits per heavy atom. The van der Waals surface area contributed by atoms with Gasteiger partial charge in [-0.25, -0.2) is 4.79 Å². The van der Waals surface area contributed by atoms with Crippen LogP contribution in [0.15, 0.2) is 107 Å². The maximum absolute atomic E-state index is 13.6. The molecule has 0 aliphatic rings. The number of hydrogen-bond acceptors (Lipinski definition) is 7. The summed E-state index contributed by atoms with van der Waals surface area (Å²) in [7, 11) is 1.57. The Hall–Kier alpha value is -4.80. The Morgan fingerprint density at radius 2 is 1.35 bits per heavy atom. The molecule has 4 rings (SSSR count). The lowest BCUT2D eigenvalue weighted by Crippen LogP contribution is -2.51. The molecule has 224 valence electrons. The van der Waals surface area contributed by atoms with Crippen molar-refractivity contribution in [3.8, 4) is 0 Å². The minimum atomic E-state index is -0.926. The second-order valence-corrected chi connectivity index (χ2v) is 9.91. The summed E-state index contributed by atoms with van der Waals surface area (Å²) in [6.45, 7) is 2.94. The predicted octanol–water partition coefficient (Wildman–Crippen LogP) is 3.09. The van der Waals surface area contributed by atoms with Gasteiger partial charge in [-0.3, -0.25) is 23.9 Å². The molecule has 1 heterocycles. The number of benzene rings is 3. The maximum atomic E-state index is 13.6. The van der Waals surface area contributed by atoms with E-state index in [1.807, 2.05) is 91.0 Å². The summed E-state index contributed by atoms with van der Waals surface area (Å²) in [6.07, 6.45) is 1.33. The standard InChI is InChI=1S/C33H36N4O6/c1-4-43-30(39)24-35(29(38)23-36-22-25(2)31(40)34-32(36)41)20-21-37(42-3)33(26-14-8-5-9-15-26,27-16-10-6-11-17-27)28-18-12-7-13-19-28/h5-19,22H,4,20-21,23-24H2,1-3H3,(H,34,40,41). The van der Waals surface area contributed by atoms with Crippen molar-refractivity contribution in [1.29, 1.82) is 0 Å². The van der Waals surface area contributed by atoms with E-state index in [0.29, 0.717) is 0 Å². The highest BCUT2D eigenvalue weighted by Crippen LogP contribution is 2.42. The van der Waals surface area contributed by atoms with Gasteiger partial charge in [0.15, 0.2) is 0 Å². The number of nitrogens with one attached hydrogen (secondary N) is 1. The molecule has 0 atom stereocenters. The number of rotatable bonds is 13. The first-order valence-corrected chi connectivity index (χ1v) is 14.0. The largest absolute Gasteiger partial charge is 0.465 e. The van der Waals surface area contributed by atoms with Crippen LogP contribution in [0.4, 0.5) is 0 Å². The van der Waals surface area contributed by atoms with E-state index < -0.39 is 28.7 Å². The zero-order valence-electron chi connectivity index (χ0n) is 24.6. The zero-order valence-corrected chi connectivity index (χ0v) is 24.6. The summed E-state index contributed by atoms with van der Waals surface area (Å²) in [5.41, 5.74) is 0.938. The van der Waals surface area contributed by atoms with Crippen LogP contribution < -0.4 is 11.2 Å². The molecule has 1 amide bonds. The summed E-state index contributed by atoms with van der Waals surface area (Å²) in [6, 6.07) is 29.8. The van der Waals surface area contributed by atoms with Crippen LogP contribution in [-0.2, 0) is 31.2 Å². The lowest BCUT2D eigenvalue weighted by molar-refractivity contribution is -0.185. The molecule has 0 aliphatic carbocycles. The SMILES string of the molecule is CCOC(=O)CN(CCN(OC)C(c1ccccc1)(c1ccccc1)c1ccccc1)C(=O)Cn1cc(C)c(=O)[nH]c1=O. The number of hydroxylamine groups is 2. The summed E-state index contributed by atoms with van der Waals surface area (Å²) < 4.78 is 6.26. The number of aromatic nitrogens is 2. The van der Waals surface area contributed by atoms with Gasteiger partial charge in [-0.2, -0.15) is 5.06 Å². The van der Waals surface area contributed by atoms with Crippen LogP contribution in [0.25, 0.3) is 0 Å². The highest BCUT2D eigenvalue weighted by Gasteiger charge is 2.43. The molecule has 3 aromatic carbocycles. The van der Waals surface area contributed by atoms with Gasteiger partial charge in [-0.05, 0) is 30.5 Å². The molecular formula is C33H36N4O6. The topological polar surface area (TPSA) is 114 Å². The third-order valence-electron chi connectivity index (χ3n) is 7.21. The predicted molar refractivity (Wildman–Crippen MR) is 162 cm³/mol. The summed E-state index contributed by atoms with van der Waals surface area (Å²) in [4.78, 5) is 60.0. The molecule has 1 N–H and O–H groups in total. The molecule has 0 bridgehead atoms. The molecule has 0 unspecified atom stereocenters. The number of nitrogens with zero attached hydrogens (tertiary/aromatic N) is 3. The van der Waals surface area contributed by atoms with Gasteiger partial charge in [-0.15, -0.1) is 0 Å². The monoisotopic (exact) mass is 584 g/mol. The van der Waals surface area contributed by atoms with E-state index in [1.165, 1.54) is 11.1 Å². The Balaban J connectivity index is 1.75. The molecule has 43 heavy (non-hydrogen) atoms. The molecular weight excluding hydrogens is 548 g/mol. The van der Waals surface area contributed by atoms with Crippen molar-refractivity contribution in [2.75, 3.05) is 33.4 Å². The van der Waals surface area contributed by atoms with Gasteiger partial charge in [0.1, 0.15) is 18.6 Å². The van der Waals surface area contributed by atoms with Crippen molar-refractivity contribution in [1.82, 2.24) is 19.5 Å². The van der Waals surface area contributed by atoms with E-state index in [2.05, 4.69) is 4.98 Å². The normalized spacial score (nSPS) is 11.3. The van der Waals surface area contributed by atoms with Gasteiger partial charge < -0.3 is 14.5 Å². The fourth-order valence-corrected chi connectivity index (χ4v) is 5.21. The lowest BCUT2D eigenvalue weighted by Gasteiger charge is -2.44. The van der Waals surface area contributed by atoms with E-state index >= 15 is 0 Å². The minimum absolute atomic E-state index is 0.0663. The van der Waals surface area contributed by atoms with Crippen molar-refractivity contribution >= 4 is 11.9 Å². The number of hydrogen-bond donors (Lipinski definition) is 1. The Bertz CT molecular complexity index is 1520. The van der Waals surface area contributed by atoms with Crippen molar-refractivity contribution in [3.05, 3.63) is 140 Å². The summed E-state index contributed by atoms with van der Waals surface area (Å²) in [5.74, 6) is -1.08. The van der Waals surface area contributed by atoms with E-state index in [-0.39, 0.29) is 38.3 Å². The number of carbonyl (C=O) groups excluding carboxylic acids is 2.